The maximum Gasteiger partial charge on any atom is 0.343 e. The number of hydrogen-bond acceptors (Lipinski definition) is 7. The number of amides is 1. The van der Waals surface area contributed by atoms with Gasteiger partial charge in [0.05, 0.1) is 29.5 Å². The number of aliphatic hydroxyl groups excluding tert-OH is 1. The van der Waals surface area contributed by atoms with E-state index in [1.165, 1.54) is 6.07 Å². The highest BCUT2D eigenvalue weighted by Crippen LogP contribution is 2.47. The number of ether oxygens (including phenoxy) is 1. The molecule has 8 nitrogen and oxygen atoms in total. The molecule has 0 fully saturated rings. The Balaban J connectivity index is 1.38. The van der Waals surface area contributed by atoms with Gasteiger partial charge in [-0.3, -0.25) is 4.79 Å². The first kappa shape index (κ1) is 27.8. The third-order valence-electron chi connectivity index (χ3n) is 9.27. The number of esters is 1. The largest absolute Gasteiger partial charge is 0.458 e. The van der Waals surface area contributed by atoms with E-state index in [-0.39, 0.29) is 25.3 Å². The van der Waals surface area contributed by atoms with Gasteiger partial charge < -0.3 is 24.8 Å². The Hall–Kier alpha value is -3.99. The van der Waals surface area contributed by atoms with E-state index >= 15 is 4.39 Å². The molecule has 3 atom stereocenters. The molecule has 3 N–H and O–H groups in total. The van der Waals surface area contributed by atoms with Crippen molar-refractivity contribution in [3.8, 4) is 11.4 Å². The van der Waals surface area contributed by atoms with Gasteiger partial charge in [-0.05, 0) is 54.5 Å². The third-order valence-corrected chi connectivity index (χ3v) is 9.74. The Morgan fingerprint density at radius 3 is 2.77 bits per heavy atom. The van der Waals surface area contributed by atoms with Crippen molar-refractivity contribution in [1.29, 1.82) is 0 Å². The summed E-state index contributed by atoms with van der Waals surface area (Å²) in [4.78, 5) is 30.9. The summed E-state index contributed by atoms with van der Waals surface area (Å²) >= 11 is 5.88. The van der Waals surface area contributed by atoms with E-state index in [4.69, 9.17) is 21.9 Å². The second kappa shape index (κ2) is 10.0. The number of nitrogens with one attached hydrogen (secondary N) is 1. The molecule has 4 aromatic rings. The molecular weight excluding hydrogens is 569 g/mol. The maximum atomic E-state index is 15.2. The van der Waals surface area contributed by atoms with E-state index in [0.29, 0.717) is 57.6 Å². The Morgan fingerprint density at radius 2 is 2.02 bits per heavy atom. The number of hydrogen-bond donors (Lipinski definition) is 3. The molecule has 2 aliphatic heterocycles. The van der Waals surface area contributed by atoms with Gasteiger partial charge in [0.2, 0.25) is 5.91 Å². The molecule has 0 bridgehead atoms. The molecule has 220 valence electrons. The van der Waals surface area contributed by atoms with Crippen LogP contribution < -0.4 is 5.32 Å². The summed E-state index contributed by atoms with van der Waals surface area (Å²) in [7, 11) is 0. The van der Waals surface area contributed by atoms with Crippen molar-refractivity contribution < 1.29 is 28.9 Å². The highest BCUT2D eigenvalue weighted by molar-refractivity contribution is 7.71. The molecule has 4 heterocycles. The summed E-state index contributed by atoms with van der Waals surface area (Å²) in [5.41, 5.74) is 4.69. The first-order chi connectivity index (χ1) is 20.6. The number of benzene rings is 2. The van der Waals surface area contributed by atoms with Crippen molar-refractivity contribution in [1.82, 2.24) is 14.9 Å². The molecule has 1 amide bonds. The minimum absolute atomic E-state index is 0.0409. The van der Waals surface area contributed by atoms with Crippen LogP contribution in [0.1, 0.15) is 64.8 Å². The van der Waals surface area contributed by atoms with Crippen LogP contribution in [0.5, 0.6) is 0 Å². The number of aryl methyl sites for hydroxylation is 1. The SMILES string of the molecule is CC[C@@]1(O)C(=O)OCc2c1cc1n(c2=S)Cc2c-1nc1cc(F)c(C)c3c1c2[C@H](NC(=O)[C@H](O)Cc1ccccc1)CC3. The van der Waals surface area contributed by atoms with Crippen LogP contribution in [0.25, 0.3) is 22.3 Å². The van der Waals surface area contributed by atoms with E-state index in [2.05, 4.69) is 5.32 Å². The lowest BCUT2D eigenvalue weighted by Crippen LogP contribution is -2.41. The molecule has 0 radical (unpaired) electrons. The number of nitrogens with zero attached hydrogens (tertiary/aromatic N) is 2. The van der Waals surface area contributed by atoms with Crippen LogP contribution in [0, 0.1) is 17.4 Å². The van der Waals surface area contributed by atoms with Crippen molar-refractivity contribution in [2.45, 2.75) is 70.4 Å². The predicted molar refractivity (Wildman–Crippen MR) is 159 cm³/mol. The van der Waals surface area contributed by atoms with E-state index in [1.54, 1.807) is 19.9 Å². The fourth-order valence-electron chi connectivity index (χ4n) is 6.90. The number of pyridine rings is 2. The maximum absolute atomic E-state index is 15.2. The number of cyclic esters (lactones) is 1. The molecule has 2 aromatic heterocycles. The average Bonchev–Trinajstić information content (AvgIpc) is 3.37. The van der Waals surface area contributed by atoms with E-state index < -0.39 is 29.6 Å². The van der Waals surface area contributed by atoms with Crippen LogP contribution >= 0.6 is 12.2 Å². The normalized spacial score (nSPS) is 20.7. The lowest BCUT2D eigenvalue weighted by Gasteiger charge is -2.32. The van der Waals surface area contributed by atoms with Gasteiger partial charge in [0.15, 0.2) is 5.60 Å². The fourth-order valence-corrected chi connectivity index (χ4v) is 7.23. The van der Waals surface area contributed by atoms with Gasteiger partial charge in [-0.1, -0.05) is 49.5 Å². The second-order valence-corrected chi connectivity index (χ2v) is 12.0. The van der Waals surface area contributed by atoms with Crippen LogP contribution in [0.3, 0.4) is 0 Å². The molecule has 10 heteroatoms. The zero-order valence-corrected chi connectivity index (χ0v) is 24.6. The Labute approximate surface area is 252 Å². The molecular formula is C33H30FN3O5S. The highest BCUT2D eigenvalue weighted by atomic mass is 32.1. The van der Waals surface area contributed by atoms with Crippen LogP contribution in [-0.2, 0) is 45.9 Å². The molecule has 7 rings (SSSR count). The number of carbonyl (C=O) groups excluding carboxylic acids is 2. The monoisotopic (exact) mass is 599 g/mol. The molecule has 0 saturated carbocycles. The summed E-state index contributed by atoms with van der Waals surface area (Å²) in [6, 6.07) is 12.0. The summed E-state index contributed by atoms with van der Waals surface area (Å²) in [6.07, 6.45) is 0.0936. The van der Waals surface area contributed by atoms with Gasteiger partial charge in [0.1, 0.15) is 23.2 Å². The average molecular weight is 600 g/mol. The van der Waals surface area contributed by atoms with Gasteiger partial charge in [-0.15, -0.1) is 0 Å². The molecule has 1 aliphatic carbocycles. The zero-order valence-electron chi connectivity index (χ0n) is 23.7. The second-order valence-electron chi connectivity index (χ2n) is 11.6. The predicted octanol–water partition coefficient (Wildman–Crippen LogP) is 4.60. The van der Waals surface area contributed by atoms with Crippen molar-refractivity contribution in [2.75, 3.05) is 0 Å². The number of rotatable bonds is 5. The van der Waals surface area contributed by atoms with Gasteiger partial charge in [0, 0.05) is 34.6 Å². The lowest BCUT2D eigenvalue weighted by atomic mass is 9.81. The van der Waals surface area contributed by atoms with Crippen LogP contribution in [0.15, 0.2) is 42.5 Å². The Morgan fingerprint density at radius 1 is 1.26 bits per heavy atom. The van der Waals surface area contributed by atoms with Crippen LogP contribution in [0.4, 0.5) is 4.39 Å². The minimum Gasteiger partial charge on any atom is -0.458 e. The van der Waals surface area contributed by atoms with E-state index in [0.717, 1.165) is 27.6 Å². The molecule has 43 heavy (non-hydrogen) atoms. The summed E-state index contributed by atoms with van der Waals surface area (Å²) in [5.74, 6) is -1.56. The fraction of sp³-hybridized carbons (Fsp3) is 0.333. The summed E-state index contributed by atoms with van der Waals surface area (Å²) in [6.45, 7) is 3.77. The first-order valence-electron chi connectivity index (χ1n) is 14.5. The Kier molecular flexibility index (Phi) is 6.50. The van der Waals surface area contributed by atoms with Gasteiger partial charge >= 0.3 is 5.97 Å². The van der Waals surface area contributed by atoms with E-state index in [9.17, 15) is 19.8 Å². The van der Waals surface area contributed by atoms with Crippen molar-refractivity contribution >= 4 is 35.0 Å². The van der Waals surface area contributed by atoms with E-state index in [1.807, 2.05) is 34.9 Å². The summed E-state index contributed by atoms with van der Waals surface area (Å²) < 4.78 is 22.8. The van der Waals surface area contributed by atoms with Gasteiger partial charge in [-0.25, -0.2) is 14.2 Å². The van der Waals surface area contributed by atoms with Crippen molar-refractivity contribution in [3.05, 3.63) is 91.9 Å². The minimum atomic E-state index is -1.84. The number of carbonyl (C=O) groups is 2. The van der Waals surface area contributed by atoms with Crippen LogP contribution in [-0.4, -0.2) is 37.7 Å². The number of aliphatic hydroxyl groups is 2. The standard InChI is InChI=1S/C33H30FN3O5S/c1-3-33(41)21-12-25-29-19(14-37(25)31(43)20(21)15-42-32(33)40)28-23(36-30(39)26(38)11-17-7-5-4-6-8-17)10-9-18-16(2)22(34)13-24(35-29)27(18)28/h4-8,12-13,23,26,38,41H,3,9-11,14-15H2,1-2H3,(H,36,39)/t23-,26-,33+/m1/s1. The topological polar surface area (TPSA) is 114 Å². The van der Waals surface area contributed by atoms with Crippen LogP contribution in [0.2, 0.25) is 0 Å². The zero-order chi connectivity index (χ0) is 30.2. The number of aromatic nitrogens is 2. The molecule has 0 saturated heterocycles. The number of halogens is 1. The molecule has 0 spiro atoms. The highest BCUT2D eigenvalue weighted by Gasteiger charge is 2.45. The first-order valence-corrected chi connectivity index (χ1v) is 14.9. The molecule has 3 aliphatic rings. The number of fused-ring (bicyclic) bond motifs is 5. The van der Waals surface area contributed by atoms with Crippen molar-refractivity contribution in [2.24, 2.45) is 0 Å². The smallest absolute Gasteiger partial charge is 0.343 e. The Bertz CT molecular complexity index is 1920. The quantitative estimate of drug-likeness (QED) is 0.200. The third kappa shape index (κ3) is 4.15. The lowest BCUT2D eigenvalue weighted by molar-refractivity contribution is -0.172. The summed E-state index contributed by atoms with van der Waals surface area (Å²) in [5, 5.41) is 26.0. The van der Waals surface area contributed by atoms with Crippen molar-refractivity contribution in [3.63, 3.8) is 0 Å². The molecule has 0 unspecified atom stereocenters. The van der Waals surface area contributed by atoms with Gasteiger partial charge in [-0.2, -0.15) is 0 Å². The molecule has 2 aromatic carbocycles. The van der Waals surface area contributed by atoms with Gasteiger partial charge in [0.25, 0.3) is 0 Å².